The monoisotopic (exact) mass is 279 g/mol. The minimum Gasteiger partial charge on any atom is -0.452 e. The fraction of sp³-hybridized carbons (Fsp3) is 0.0769. The van der Waals surface area contributed by atoms with Gasteiger partial charge >= 0.3 is 5.30 Å². The van der Waals surface area contributed by atoms with Gasteiger partial charge in [-0.2, -0.15) is 0 Å². The molecule has 5 heteroatoms. The van der Waals surface area contributed by atoms with Gasteiger partial charge in [-0.05, 0) is 29.8 Å². The summed E-state index contributed by atoms with van der Waals surface area (Å²) in [5.41, 5.74) is 0.898. The summed E-state index contributed by atoms with van der Waals surface area (Å²) in [5.74, 6) is 0. The van der Waals surface area contributed by atoms with Crippen molar-refractivity contribution in [2.45, 2.75) is 11.6 Å². The Labute approximate surface area is 114 Å². The van der Waals surface area contributed by atoms with Gasteiger partial charge in [0.25, 0.3) is 0 Å². The van der Waals surface area contributed by atoms with Crippen LogP contribution in [-0.4, -0.2) is 10.3 Å². The zero-order valence-corrected chi connectivity index (χ0v) is 10.9. The van der Waals surface area contributed by atoms with Crippen LogP contribution in [0.15, 0.2) is 53.7 Å². The molecule has 18 heavy (non-hydrogen) atoms. The summed E-state index contributed by atoms with van der Waals surface area (Å²) in [5, 5.41) is 0.912. The molecule has 0 saturated carbocycles. The van der Waals surface area contributed by atoms with E-state index >= 15 is 0 Å². The van der Waals surface area contributed by atoms with Crippen molar-refractivity contribution in [1.82, 2.24) is 4.98 Å². The highest BCUT2D eigenvalue weighted by Crippen LogP contribution is 2.18. The topological polar surface area (TPSA) is 39.2 Å². The number of rotatable bonds is 3. The fourth-order valence-electron chi connectivity index (χ4n) is 1.25. The summed E-state index contributed by atoms with van der Waals surface area (Å²) < 4.78 is 5.11. The van der Waals surface area contributed by atoms with E-state index in [1.54, 1.807) is 30.5 Å². The second-order valence-electron chi connectivity index (χ2n) is 3.44. The molecule has 0 aliphatic carbocycles. The summed E-state index contributed by atoms with van der Waals surface area (Å²) in [6, 6.07) is 12.5. The third-order valence-corrected chi connectivity index (χ3v) is 3.08. The Balaban J connectivity index is 1.83. The van der Waals surface area contributed by atoms with Gasteiger partial charge in [0.1, 0.15) is 11.6 Å². The van der Waals surface area contributed by atoms with Gasteiger partial charge in [-0.15, -0.1) is 0 Å². The molecule has 2 rings (SSSR count). The highest BCUT2D eigenvalue weighted by molar-refractivity contribution is 8.13. The molecular formula is C13H10ClNO2S. The van der Waals surface area contributed by atoms with E-state index in [1.165, 1.54) is 0 Å². The van der Waals surface area contributed by atoms with Crippen molar-refractivity contribution >= 4 is 28.7 Å². The van der Waals surface area contributed by atoms with Crippen LogP contribution in [0.4, 0.5) is 4.79 Å². The van der Waals surface area contributed by atoms with Gasteiger partial charge in [0.15, 0.2) is 0 Å². The number of benzene rings is 1. The maximum atomic E-state index is 11.5. The van der Waals surface area contributed by atoms with E-state index in [1.807, 2.05) is 18.2 Å². The first kappa shape index (κ1) is 12.9. The lowest BCUT2D eigenvalue weighted by molar-refractivity contribution is 0.168. The molecule has 0 saturated heterocycles. The van der Waals surface area contributed by atoms with Crippen LogP contribution in [0, 0.1) is 0 Å². The molecule has 0 unspecified atom stereocenters. The minimum absolute atomic E-state index is 0.232. The summed E-state index contributed by atoms with van der Waals surface area (Å²) in [4.78, 5) is 15.6. The van der Waals surface area contributed by atoms with Gasteiger partial charge in [0, 0.05) is 23.0 Å². The number of aromatic nitrogens is 1. The number of nitrogens with zero attached hydrogens (tertiary/aromatic N) is 1. The van der Waals surface area contributed by atoms with E-state index in [-0.39, 0.29) is 11.9 Å². The van der Waals surface area contributed by atoms with Crippen LogP contribution in [0.5, 0.6) is 0 Å². The lowest BCUT2D eigenvalue weighted by Crippen LogP contribution is -1.98. The molecule has 0 amide bonds. The number of carbonyl (C=O) groups is 1. The molecule has 92 valence electrons. The van der Waals surface area contributed by atoms with Crippen molar-refractivity contribution in [1.29, 1.82) is 0 Å². The summed E-state index contributed by atoms with van der Waals surface area (Å²) in [6.07, 6.45) is 1.63. The second kappa shape index (κ2) is 6.42. The molecule has 1 aromatic carbocycles. The molecule has 0 fully saturated rings. The highest BCUT2D eigenvalue weighted by Gasteiger charge is 2.06. The standard InChI is InChI=1S/C13H10ClNO2S/c14-11-6-4-10(5-7-11)9-17-13(16)18-12-3-1-2-8-15-12/h1-8H,9H2. The number of ether oxygens (including phenoxy) is 1. The van der Waals surface area contributed by atoms with Crippen molar-refractivity contribution in [2.24, 2.45) is 0 Å². The zero-order valence-electron chi connectivity index (χ0n) is 9.38. The highest BCUT2D eigenvalue weighted by atomic mass is 35.5. The van der Waals surface area contributed by atoms with Crippen molar-refractivity contribution in [2.75, 3.05) is 0 Å². The quantitative estimate of drug-likeness (QED) is 0.624. The van der Waals surface area contributed by atoms with E-state index < -0.39 is 0 Å². The number of pyridine rings is 1. The third-order valence-electron chi connectivity index (χ3n) is 2.10. The average molecular weight is 280 g/mol. The Morgan fingerprint density at radius 2 is 2.00 bits per heavy atom. The normalized spacial score (nSPS) is 10.1. The molecule has 1 aromatic heterocycles. The third kappa shape index (κ3) is 4.05. The van der Waals surface area contributed by atoms with Crippen LogP contribution < -0.4 is 0 Å². The van der Waals surface area contributed by atoms with Crippen LogP contribution in [0.25, 0.3) is 0 Å². The van der Waals surface area contributed by atoms with E-state index in [4.69, 9.17) is 16.3 Å². The van der Waals surface area contributed by atoms with Crippen molar-refractivity contribution in [3.05, 3.63) is 59.2 Å². The maximum absolute atomic E-state index is 11.5. The zero-order chi connectivity index (χ0) is 12.8. The van der Waals surface area contributed by atoms with Gasteiger partial charge in [-0.3, -0.25) is 0 Å². The maximum Gasteiger partial charge on any atom is 0.373 e. The molecule has 3 nitrogen and oxygen atoms in total. The van der Waals surface area contributed by atoms with Crippen LogP contribution in [0.2, 0.25) is 5.02 Å². The second-order valence-corrected chi connectivity index (χ2v) is 4.83. The number of thioether (sulfide) groups is 1. The molecular weight excluding hydrogens is 270 g/mol. The van der Waals surface area contributed by atoms with E-state index in [2.05, 4.69) is 4.98 Å². The van der Waals surface area contributed by atoms with E-state index in [0.29, 0.717) is 10.0 Å². The van der Waals surface area contributed by atoms with Gasteiger partial charge < -0.3 is 4.74 Å². The molecule has 0 bridgehead atoms. The van der Waals surface area contributed by atoms with Crippen molar-refractivity contribution in [3.8, 4) is 0 Å². The molecule has 0 spiro atoms. The average Bonchev–Trinajstić information content (AvgIpc) is 2.39. The Kier molecular flexibility index (Phi) is 4.61. The molecule has 2 aromatic rings. The predicted octanol–water partition coefficient (Wildman–Crippen LogP) is 4.16. The number of hydrogen-bond acceptors (Lipinski definition) is 4. The van der Waals surface area contributed by atoms with Crippen molar-refractivity contribution < 1.29 is 9.53 Å². The largest absolute Gasteiger partial charge is 0.452 e. The van der Waals surface area contributed by atoms with Gasteiger partial charge in [0.05, 0.1) is 0 Å². The molecule has 0 aliphatic rings. The van der Waals surface area contributed by atoms with Gasteiger partial charge in [-0.25, -0.2) is 9.78 Å². The smallest absolute Gasteiger partial charge is 0.373 e. The van der Waals surface area contributed by atoms with Crippen LogP contribution >= 0.6 is 23.4 Å². The lowest BCUT2D eigenvalue weighted by Gasteiger charge is -2.04. The predicted molar refractivity (Wildman–Crippen MR) is 71.7 cm³/mol. The molecule has 0 atom stereocenters. The fourth-order valence-corrected chi connectivity index (χ4v) is 1.92. The molecule has 1 heterocycles. The number of carbonyl (C=O) groups excluding carboxylic acids is 1. The van der Waals surface area contributed by atoms with Crippen LogP contribution in [0.1, 0.15) is 5.56 Å². The summed E-state index contributed by atoms with van der Waals surface area (Å²) in [7, 11) is 0. The van der Waals surface area contributed by atoms with Gasteiger partial charge in [0.2, 0.25) is 0 Å². The molecule has 0 aliphatic heterocycles. The van der Waals surface area contributed by atoms with Crippen molar-refractivity contribution in [3.63, 3.8) is 0 Å². The SMILES string of the molecule is O=C(OCc1ccc(Cl)cc1)Sc1ccccn1. The first-order chi connectivity index (χ1) is 8.74. The molecule has 0 N–H and O–H groups in total. The first-order valence-corrected chi connectivity index (χ1v) is 6.43. The van der Waals surface area contributed by atoms with Crippen LogP contribution in [-0.2, 0) is 11.3 Å². The van der Waals surface area contributed by atoms with Gasteiger partial charge in [-0.1, -0.05) is 29.8 Å². The Hall–Kier alpha value is -1.52. The lowest BCUT2D eigenvalue weighted by atomic mass is 10.2. The Bertz CT molecular complexity index is 516. The Morgan fingerprint density at radius 1 is 1.22 bits per heavy atom. The number of halogens is 1. The van der Waals surface area contributed by atoms with E-state index in [0.717, 1.165) is 17.3 Å². The Morgan fingerprint density at radius 3 is 2.67 bits per heavy atom. The summed E-state index contributed by atoms with van der Waals surface area (Å²) >= 11 is 6.73. The minimum atomic E-state index is -0.372. The first-order valence-electron chi connectivity index (χ1n) is 5.24. The molecule has 0 radical (unpaired) electrons. The van der Waals surface area contributed by atoms with Crippen LogP contribution in [0.3, 0.4) is 0 Å². The summed E-state index contributed by atoms with van der Waals surface area (Å²) in [6.45, 7) is 0.232. The number of hydrogen-bond donors (Lipinski definition) is 0. The van der Waals surface area contributed by atoms with E-state index in [9.17, 15) is 4.79 Å².